The Morgan fingerprint density at radius 1 is 1.08 bits per heavy atom. The second kappa shape index (κ2) is 7.90. The number of nitrogens with zero attached hydrogens (tertiary/aromatic N) is 4. The zero-order chi connectivity index (χ0) is 17.6. The molecule has 1 aliphatic heterocycles. The van der Waals surface area contributed by atoms with E-state index in [0.717, 1.165) is 19.6 Å². The molecule has 0 aliphatic carbocycles. The van der Waals surface area contributed by atoms with E-state index in [2.05, 4.69) is 34.3 Å². The maximum absolute atomic E-state index is 12.5. The fraction of sp³-hybridized carbons (Fsp3) is 0.316. The molecule has 6 nitrogen and oxygen atoms in total. The first kappa shape index (κ1) is 17.1. The Balaban J connectivity index is 1.51. The maximum atomic E-state index is 12.5. The second-order valence-electron chi connectivity index (χ2n) is 6.09. The van der Waals surface area contributed by atoms with Gasteiger partial charge in [0.2, 0.25) is 0 Å². The highest BCUT2D eigenvalue weighted by Gasteiger charge is 2.22. The van der Waals surface area contributed by atoms with Gasteiger partial charge in [-0.25, -0.2) is 4.68 Å². The number of rotatable bonds is 4. The van der Waals surface area contributed by atoms with E-state index in [4.69, 9.17) is 0 Å². The van der Waals surface area contributed by atoms with Gasteiger partial charge in [-0.3, -0.25) is 14.5 Å². The van der Waals surface area contributed by atoms with E-state index >= 15 is 0 Å². The summed E-state index contributed by atoms with van der Waals surface area (Å²) in [4.78, 5) is 28.0. The van der Waals surface area contributed by atoms with Gasteiger partial charge in [0.25, 0.3) is 11.5 Å². The Morgan fingerprint density at radius 2 is 1.80 bits per heavy atom. The van der Waals surface area contributed by atoms with Crippen molar-refractivity contribution in [2.75, 3.05) is 32.7 Å². The molecule has 0 saturated carbocycles. The van der Waals surface area contributed by atoms with Crippen LogP contribution in [-0.4, -0.2) is 58.2 Å². The summed E-state index contributed by atoms with van der Waals surface area (Å²) in [5.74, 6) is -0.116. The molecule has 2 aromatic rings. The van der Waals surface area contributed by atoms with Gasteiger partial charge in [0, 0.05) is 45.8 Å². The van der Waals surface area contributed by atoms with Crippen LogP contribution in [0.15, 0.2) is 53.3 Å². The van der Waals surface area contributed by atoms with Crippen molar-refractivity contribution in [2.24, 2.45) is 7.05 Å². The molecule has 130 valence electrons. The van der Waals surface area contributed by atoms with Crippen molar-refractivity contribution in [3.05, 3.63) is 70.2 Å². The molecule has 1 amide bonds. The average molecular weight is 338 g/mol. The molecule has 1 aromatic heterocycles. The van der Waals surface area contributed by atoms with Gasteiger partial charge in [-0.15, -0.1) is 0 Å². The standard InChI is InChI=1S/C19H22N4O2/c1-21-18(24)10-9-17(20-21)19(25)23-14-12-22(13-15-23)11-5-8-16-6-3-2-4-7-16/h2-10H,11-15H2,1H3/b8-5+. The van der Waals surface area contributed by atoms with Gasteiger partial charge < -0.3 is 4.90 Å². The molecule has 1 aliphatic rings. The minimum Gasteiger partial charge on any atom is -0.335 e. The summed E-state index contributed by atoms with van der Waals surface area (Å²) in [7, 11) is 1.55. The van der Waals surface area contributed by atoms with E-state index in [-0.39, 0.29) is 11.5 Å². The monoisotopic (exact) mass is 338 g/mol. The number of carbonyl (C=O) groups is 1. The number of aromatic nitrogens is 2. The minimum absolute atomic E-state index is 0.116. The molecule has 0 unspecified atom stereocenters. The van der Waals surface area contributed by atoms with Gasteiger partial charge in [0.1, 0.15) is 5.69 Å². The summed E-state index contributed by atoms with van der Waals surface area (Å²) in [6.45, 7) is 3.87. The predicted molar refractivity (Wildman–Crippen MR) is 97.3 cm³/mol. The minimum atomic E-state index is -0.216. The molecular weight excluding hydrogens is 316 g/mol. The number of amides is 1. The summed E-state index contributed by atoms with van der Waals surface area (Å²) in [5, 5.41) is 4.04. The van der Waals surface area contributed by atoms with Crippen molar-refractivity contribution in [1.29, 1.82) is 0 Å². The average Bonchev–Trinajstić information content (AvgIpc) is 2.65. The van der Waals surface area contributed by atoms with Gasteiger partial charge in [-0.05, 0) is 11.6 Å². The summed E-state index contributed by atoms with van der Waals surface area (Å²) in [5.41, 5.74) is 1.29. The van der Waals surface area contributed by atoms with Crippen molar-refractivity contribution in [3.8, 4) is 0 Å². The first-order valence-electron chi connectivity index (χ1n) is 8.41. The Morgan fingerprint density at radius 3 is 2.48 bits per heavy atom. The van der Waals surface area contributed by atoms with Crippen molar-refractivity contribution < 1.29 is 4.79 Å². The van der Waals surface area contributed by atoms with Crippen LogP contribution in [0.4, 0.5) is 0 Å². The lowest BCUT2D eigenvalue weighted by Gasteiger charge is -2.33. The highest BCUT2D eigenvalue weighted by atomic mass is 16.2. The van der Waals surface area contributed by atoms with Crippen molar-refractivity contribution in [2.45, 2.75) is 0 Å². The van der Waals surface area contributed by atoms with E-state index < -0.39 is 0 Å². The molecule has 0 N–H and O–H groups in total. The third kappa shape index (κ3) is 4.42. The van der Waals surface area contributed by atoms with Crippen LogP contribution in [-0.2, 0) is 7.05 Å². The van der Waals surface area contributed by atoms with Gasteiger partial charge in [-0.2, -0.15) is 5.10 Å². The number of hydrogen-bond donors (Lipinski definition) is 0. The molecule has 2 heterocycles. The van der Waals surface area contributed by atoms with Crippen LogP contribution in [0.3, 0.4) is 0 Å². The molecule has 0 spiro atoms. The lowest BCUT2D eigenvalue weighted by Crippen LogP contribution is -2.49. The quantitative estimate of drug-likeness (QED) is 0.842. The zero-order valence-electron chi connectivity index (χ0n) is 14.3. The summed E-state index contributed by atoms with van der Waals surface area (Å²) in [6.07, 6.45) is 4.27. The number of carbonyl (C=O) groups excluding carboxylic acids is 1. The molecule has 1 fully saturated rings. The molecule has 6 heteroatoms. The molecule has 25 heavy (non-hydrogen) atoms. The van der Waals surface area contributed by atoms with Gasteiger partial charge in [-0.1, -0.05) is 42.5 Å². The molecule has 1 saturated heterocycles. The molecule has 0 radical (unpaired) electrons. The van der Waals surface area contributed by atoms with Gasteiger partial charge >= 0.3 is 0 Å². The van der Waals surface area contributed by atoms with Gasteiger partial charge in [0.15, 0.2) is 0 Å². The van der Waals surface area contributed by atoms with Crippen LogP contribution in [0.2, 0.25) is 0 Å². The van der Waals surface area contributed by atoms with Crippen LogP contribution in [0.25, 0.3) is 6.08 Å². The van der Waals surface area contributed by atoms with E-state index in [1.54, 1.807) is 11.9 Å². The highest BCUT2D eigenvalue weighted by Crippen LogP contribution is 2.07. The van der Waals surface area contributed by atoms with Gasteiger partial charge in [0.05, 0.1) is 0 Å². The van der Waals surface area contributed by atoms with Crippen LogP contribution < -0.4 is 5.56 Å². The molecule has 0 atom stereocenters. The SMILES string of the molecule is Cn1nc(C(=O)N2CCN(C/C=C/c3ccccc3)CC2)ccc1=O. The third-order valence-corrected chi connectivity index (χ3v) is 4.31. The van der Waals surface area contributed by atoms with Crippen molar-refractivity contribution >= 4 is 12.0 Å². The number of benzene rings is 1. The lowest BCUT2D eigenvalue weighted by molar-refractivity contribution is 0.0642. The van der Waals surface area contributed by atoms with Crippen molar-refractivity contribution in [3.63, 3.8) is 0 Å². The Kier molecular flexibility index (Phi) is 5.40. The first-order chi connectivity index (χ1) is 12.1. The molecular formula is C19H22N4O2. The summed E-state index contributed by atoms with van der Waals surface area (Å²) >= 11 is 0. The Hall–Kier alpha value is -2.73. The van der Waals surface area contributed by atoms with E-state index in [9.17, 15) is 9.59 Å². The van der Waals surface area contributed by atoms with Crippen LogP contribution >= 0.6 is 0 Å². The van der Waals surface area contributed by atoms with Crippen LogP contribution in [0.5, 0.6) is 0 Å². The summed E-state index contributed by atoms with van der Waals surface area (Å²) < 4.78 is 1.19. The van der Waals surface area contributed by atoms with Crippen molar-refractivity contribution in [1.82, 2.24) is 19.6 Å². The third-order valence-electron chi connectivity index (χ3n) is 4.31. The number of aryl methyl sites for hydroxylation is 1. The maximum Gasteiger partial charge on any atom is 0.274 e. The summed E-state index contributed by atoms with van der Waals surface area (Å²) in [6, 6.07) is 13.1. The predicted octanol–water partition coefficient (Wildman–Crippen LogP) is 1.25. The van der Waals surface area contributed by atoms with E-state index in [0.29, 0.717) is 18.8 Å². The molecule has 1 aromatic carbocycles. The second-order valence-corrected chi connectivity index (χ2v) is 6.09. The van der Waals surface area contributed by atoms with Crippen LogP contribution in [0, 0.1) is 0 Å². The topological polar surface area (TPSA) is 58.4 Å². The lowest BCUT2D eigenvalue weighted by atomic mass is 10.2. The number of piperazine rings is 1. The Bertz CT molecular complexity index is 806. The number of hydrogen-bond acceptors (Lipinski definition) is 4. The zero-order valence-corrected chi connectivity index (χ0v) is 14.3. The molecule has 3 rings (SSSR count). The van der Waals surface area contributed by atoms with E-state index in [1.807, 2.05) is 18.2 Å². The normalized spacial score (nSPS) is 15.6. The van der Waals surface area contributed by atoms with Crippen LogP contribution in [0.1, 0.15) is 16.1 Å². The fourth-order valence-corrected chi connectivity index (χ4v) is 2.81. The Labute approximate surface area is 147 Å². The smallest absolute Gasteiger partial charge is 0.274 e. The first-order valence-corrected chi connectivity index (χ1v) is 8.41. The van der Waals surface area contributed by atoms with E-state index in [1.165, 1.54) is 22.4 Å². The molecule has 0 bridgehead atoms. The largest absolute Gasteiger partial charge is 0.335 e. The highest BCUT2D eigenvalue weighted by molar-refractivity contribution is 5.92. The fourth-order valence-electron chi connectivity index (χ4n) is 2.81.